The van der Waals surface area contributed by atoms with Gasteiger partial charge in [0, 0.05) is 6.04 Å². The molecule has 0 bridgehead atoms. The first-order valence-electron chi connectivity index (χ1n) is 10.1. The average molecular weight is 416 g/mol. The van der Waals surface area contributed by atoms with Gasteiger partial charge in [0.05, 0.1) is 12.2 Å². The number of carbonyl (C=O) groups is 1. The van der Waals surface area contributed by atoms with Crippen LogP contribution in [0.15, 0.2) is 60.7 Å². The number of sulfonamides is 1. The van der Waals surface area contributed by atoms with E-state index in [-0.39, 0.29) is 6.04 Å². The van der Waals surface area contributed by atoms with Crippen LogP contribution in [0.2, 0.25) is 0 Å². The first-order valence-corrected chi connectivity index (χ1v) is 11.7. The highest BCUT2D eigenvalue weighted by Gasteiger charge is 2.25. The molecule has 0 aliphatic heterocycles. The largest absolute Gasteiger partial charge is 0.281 e. The summed E-state index contributed by atoms with van der Waals surface area (Å²) in [5.74, 6) is -0.505. The lowest BCUT2D eigenvalue weighted by Crippen LogP contribution is -2.47. The Morgan fingerprint density at radius 2 is 1.55 bits per heavy atom. The highest BCUT2D eigenvalue weighted by Crippen LogP contribution is 2.23. The maximum Gasteiger partial charge on any atom is 0.255 e. The zero-order valence-electron chi connectivity index (χ0n) is 16.8. The van der Waals surface area contributed by atoms with Crippen molar-refractivity contribution in [1.29, 1.82) is 0 Å². The van der Waals surface area contributed by atoms with Gasteiger partial charge in [-0.3, -0.25) is 15.2 Å². The minimum atomic E-state index is -3.69. The van der Waals surface area contributed by atoms with Crippen molar-refractivity contribution in [3.63, 3.8) is 0 Å². The van der Waals surface area contributed by atoms with Gasteiger partial charge in [0.15, 0.2) is 0 Å². The maximum atomic E-state index is 12.6. The molecular formula is C22H29N3O3S. The van der Waals surface area contributed by atoms with E-state index in [9.17, 15) is 13.2 Å². The van der Waals surface area contributed by atoms with Gasteiger partial charge in [0.1, 0.15) is 5.75 Å². The van der Waals surface area contributed by atoms with E-state index in [0.29, 0.717) is 12.5 Å². The van der Waals surface area contributed by atoms with Crippen LogP contribution >= 0.6 is 0 Å². The van der Waals surface area contributed by atoms with Crippen LogP contribution in [0.3, 0.4) is 0 Å². The van der Waals surface area contributed by atoms with Crippen molar-refractivity contribution in [3.8, 4) is 0 Å². The lowest BCUT2D eigenvalue weighted by molar-refractivity contribution is -0.118. The summed E-state index contributed by atoms with van der Waals surface area (Å²) in [6.07, 6.45) is 3.68. The summed E-state index contributed by atoms with van der Waals surface area (Å²) >= 11 is 0. The fourth-order valence-corrected chi connectivity index (χ4v) is 4.83. The van der Waals surface area contributed by atoms with E-state index in [2.05, 4.69) is 17.1 Å². The number of hydrogen-bond donors (Lipinski definition) is 2. The van der Waals surface area contributed by atoms with Gasteiger partial charge in [-0.15, -0.1) is 0 Å². The number of hydrogen-bond acceptors (Lipinski definition) is 4. The van der Waals surface area contributed by atoms with Crippen molar-refractivity contribution in [2.45, 2.75) is 45.2 Å². The number of amides is 1. The summed E-state index contributed by atoms with van der Waals surface area (Å²) in [5.41, 5.74) is 4.55. The van der Waals surface area contributed by atoms with E-state index in [1.165, 1.54) is 0 Å². The Hall–Kier alpha value is -2.38. The maximum absolute atomic E-state index is 12.6. The summed E-state index contributed by atoms with van der Waals surface area (Å²) in [6.45, 7) is 2.62. The highest BCUT2D eigenvalue weighted by atomic mass is 32.2. The van der Waals surface area contributed by atoms with E-state index < -0.39 is 21.7 Å². The van der Waals surface area contributed by atoms with Crippen molar-refractivity contribution >= 4 is 21.6 Å². The molecule has 3 rings (SSSR count). The Bertz CT molecular complexity index is 880. The van der Waals surface area contributed by atoms with Crippen molar-refractivity contribution in [3.05, 3.63) is 66.2 Å². The van der Waals surface area contributed by atoms with E-state index in [4.69, 9.17) is 0 Å². The molecule has 7 heteroatoms. The molecule has 0 spiro atoms. The van der Waals surface area contributed by atoms with Gasteiger partial charge in [-0.2, -0.15) is 0 Å². The third-order valence-electron chi connectivity index (χ3n) is 5.19. The lowest BCUT2D eigenvalue weighted by Gasteiger charge is -2.27. The summed E-state index contributed by atoms with van der Waals surface area (Å²) in [4.78, 5) is 12.6. The number of rotatable bonds is 8. The normalized spacial score (nSPS) is 19.5. The SMILES string of the molecule is CC1CCC(NS(=O)(=O)CC(=O)NN(Cc2ccccc2)c2ccccc2)CC1. The molecule has 156 valence electrons. The fraction of sp³-hybridized carbons (Fsp3) is 0.409. The Kier molecular flexibility index (Phi) is 7.28. The summed E-state index contributed by atoms with van der Waals surface area (Å²) in [7, 11) is -3.69. The van der Waals surface area contributed by atoms with Crippen LogP contribution < -0.4 is 15.2 Å². The fourth-order valence-electron chi connectivity index (χ4n) is 3.60. The Labute approximate surface area is 173 Å². The quantitative estimate of drug-likeness (QED) is 0.649. The van der Waals surface area contributed by atoms with E-state index in [0.717, 1.165) is 36.9 Å². The number of anilines is 1. The van der Waals surface area contributed by atoms with Gasteiger partial charge in [0.2, 0.25) is 10.0 Å². The molecule has 0 heterocycles. The van der Waals surface area contributed by atoms with Crippen LogP contribution in [0, 0.1) is 5.92 Å². The number of para-hydroxylation sites is 1. The molecule has 6 nitrogen and oxygen atoms in total. The molecular weight excluding hydrogens is 386 g/mol. The van der Waals surface area contributed by atoms with Crippen LogP contribution in [0.1, 0.15) is 38.2 Å². The molecule has 1 fully saturated rings. The van der Waals surface area contributed by atoms with E-state index >= 15 is 0 Å². The predicted molar refractivity (Wildman–Crippen MR) is 116 cm³/mol. The number of carbonyl (C=O) groups excluding carboxylic acids is 1. The first-order chi connectivity index (χ1) is 13.9. The molecule has 2 N–H and O–H groups in total. The van der Waals surface area contributed by atoms with Crippen molar-refractivity contribution in [1.82, 2.24) is 10.1 Å². The summed E-state index contributed by atoms with van der Waals surface area (Å²) < 4.78 is 27.7. The zero-order valence-corrected chi connectivity index (χ0v) is 17.6. The monoisotopic (exact) mass is 415 g/mol. The van der Waals surface area contributed by atoms with Crippen LogP contribution in [-0.4, -0.2) is 26.1 Å². The van der Waals surface area contributed by atoms with Crippen molar-refractivity contribution < 1.29 is 13.2 Å². The molecule has 0 unspecified atom stereocenters. The third-order valence-corrected chi connectivity index (χ3v) is 6.53. The van der Waals surface area contributed by atoms with Crippen molar-refractivity contribution in [2.75, 3.05) is 10.8 Å². The minimum Gasteiger partial charge on any atom is -0.281 e. The molecule has 1 aliphatic carbocycles. The van der Waals surface area contributed by atoms with Crippen molar-refractivity contribution in [2.24, 2.45) is 5.92 Å². The molecule has 1 amide bonds. The standard InChI is InChI=1S/C22H29N3O3S/c1-18-12-14-20(15-13-18)24-29(27,28)17-22(26)23-25(21-10-6-3-7-11-21)16-19-8-4-2-5-9-19/h2-11,18,20,24H,12-17H2,1H3,(H,23,26). The van der Waals surface area contributed by atoms with Crippen LogP contribution in [-0.2, 0) is 21.4 Å². The summed E-state index contributed by atoms with van der Waals surface area (Å²) in [5, 5.41) is 1.68. The Balaban J connectivity index is 1.63. The van der Waals surface area contributed by atoms with Gasteiger partial charge < -0.3 is 0 Å². The van der Waals surface area contributed by atoms with Crippen LogP contribution in [0.4, 0.5) is 5.69 Å². The molecule has 2 aromatic rings. The zero-order chi connectivity index (χ0) is 20.7. The van der Waals surface area contributed by atoms with Gasteiger partial charge >= 0.3 is 0 Å². The smallest absolute Gasteiger partial charge is 0.255 e. The molecule has 0 saturated heterocycles. The number of nitrogens with one attached hydrogen (secondary N) is 2. The van der Waals surface area contributed by atoms with Gasteiger partial charge in [-0.05, 0) is 49.3 Å². The third kappa shape index (κ3) is 6.87. The average Bonchev–Trinajstić information content (AvgIpc) is 2.70. The van der Waals surface area contributed by atoms with E-state index in [1.54, 1.807) is 5.01 Å². The topological polar surface area (TPSA) is 78.5 Å². The number of nitrogens with zero attached hydrogens (tertiary/aromatic N) is 1. The lowest BCUT2D eigenvalue weighted by atomic mass is 9.88. The second-order valence-electron chi connectivity index (χ2n) is 7.78. The summed E-state index contributed by atoms with van der Waals surface area (Å²) in [6, 6.07) is 19.0. The second-order valence-corrected chi connectivity index (χ2v) is 9.53. The predicted octanol–water partition coefficient (Wildman–Crippen LogP) is 3.22. The van der Waals surface area contributed by atoms with Gasteiger partial charge in [-0.25, -0.2) is 13.1 Å². The minimum absolute atomic E-state index is 0.0708. The van der Waals surface area contributed by atoms with E-state index in [1.807, 2.05) is 60.7 Å². The first kappa shape index (κ1) is 21.3. The van der Waals surface area contributed by atoms with Crippen LogP contribution in [0.5, 0.6) is 0 Å². The second kappa shape index (κ2) is 9.89. The molecule has 2 aromatic carbocycles. The number of benzene rings is 2. The molecule has 0 radical (unpaired) electrons. The Morgan fingerprint density at radius 1 is 0.966 bits per heavy atom. The number of hydrazine groups is 1. The molecule has 1 saturated carbocycles. The van der Waals surface area contributed by atoms with Gasteiger partial charge in [0.25, 0.3) is 5.91 Å². The molecule has 29 heavy (non-hydrogen) atoms. The Morgan fingerprint density at radius 3 is 2.17 bits per heavy atom. The molecule has 0 atom stereocenters. The highest BCUT2D eigenvalue weighted by molar-refractivity contribution is 7.90. The van der Waals surface area contributed by atoms with Crippen LogP contribution in [0.25, 0.3) is 0 Å². The molecule has 0 aromatic heterocycles. The van der Waals surface area contributed by atoms with Gasteiger partial charge in [-0.1, -0.05) is 55.5 Å². The molecule has 1 aliphatic rings.